The van der Waals surface area contributed by atoms with Gasteiger partial charge >= 0.3 is 0 Å². The van der Waals surface area contributed by atoms with Crippen molar-refractivity contribution in [2.24, 2.45) is 0 Å². The average molecular weight is 358 g/mol. The Labute approximate surface area is 147 Å². The van der Waals surface area contributed by atoms with Crippen LogP contribution in [0.2, 0.25) is 0 Å². The monoisotopic (exact) mass is 358 g/mol. The highest BCUT2D eigenvalue weighted by Gasteiger charge is 2.16. The second-order valence-electron chi connectivity index (χ2n) is 5.03. The van der Waals surface area contributed by atoms with Crippen LogP contribution >= 0.6 is 12.2 Å². The van der Waals surface area contributed by atoms with Gasteiger partial charge in [0, 0.05) is 23.8 Å². The number of H-pyrrole nitrogens is 1. The van der Waals surface area contributed by atoms with Crippen molar-refractivity contribution in [3.05, 3.63) is 57.3 Å². The molecule has 0 amide bonds. The Morgan fingerprint density at radius 3 is 2.48 bits per heavy atom. The van der Waals surface area contributed by atoms with Crippen molar-refractivity contribution in [1.29, 1.82) is 0 Å². The summed E-state index contributed by atoms with van der Waals surface area (Å²) in [5.41, 5.74) is 1.36. The minimum Gasteiger partial charge on any atom is -0.497 e. The van der Waals surface area contributed by atoms with Gasteiger partial charge in [-0.2, -0.15) is 5.10 Å². The third-order valence-electron chi connectivity index (χ3n) is 3.64. The molecule has 0 aliphatic heterocycles. The van der Waals surface area contributed by atoms with Gasteiger partial charge in [-0.05, 0) is 36.5 Å². The predicted molar refractivity (Wildman–Crippen MR) is 93.9 cm³/mol. The van der Waals surface area contributed by atoms with Crippen molar-refractivity contribution >= 4 is 17.9 Å². The van der Waals surface area contributed by atoms with Gasteiger partial charge in [0.1, 0.15) is 11.5 Å². The van der Waals surface area contributed by atoms with Gasteiger partial charge in [0.05, 0.1) is 24.8 Å². The number of benzene rings is 2. The molecular formula is C16H14N4O4S. The maximum Gasteiger partial charge on any atom is 0.269 e. The van der Waals surface area contributed by atoms with Crippen molar-refractivity contribution in [3.8, 4) is 28.6 Å². The highest BCUT2D eigenvalue weighted by atomic mass is 32.1. The number of methoxy groups -OCH3 is 2. The summed E-state index contributed by atoms with van der Waals surface area (Å²) in [4.78, 5) is 10.4. The topological polar surface area (TPSA) is 95.2 Å². The summed E-state index contributed by atoms with van der Waals surface area (Å²) >= 11 is 5.34. The maximum atomic E-state index is 10.8. The smallest absolute Gasteiger partial charge is 0.269 e. The van der Waals surface area contributed by atoms with Crippen LogP contribution in [0.5, 0.6) is 11.5 Å². The van der Waals surface area contributed by atoms with Crippen LogP contribution in [0, 0.1) is 14.9 Å². The molecule has 0 radical (unpaired) electrons. The van der Waals surface area contributed by atoms with E-state index in [4.69, 9.17) is 21.7 Å². The first-order chi connectivity index (χ1) is 12.0. The molecule has 1 N–H and O–H groups in total. The lowest BCUT2D eigenvalue weighted by Gasteiger charge is -2.13. The lowest BCUT2D eigenvalue weighted by atomic mass is 10.2. The first-order valence-corrected chi connectivity index (χ1v) is 7.60. The van der Waals surface area contributed by atoms with Gasteiger partial charge in [0.15, 0.2) is 10.6 Å². The number of nitro benzene ring substituents is 1. The van der Waals surface area contributed by atoms with E-state index in [1.807, 2.05) is 0 Å². The third-order valence-corrected chi connectivity index (χ3v) is 3.91. The van der Waals surface area contributed by atoms with Crippen molar-refractivity contribution in [3.63, 3.8) is 0 Å². The Kier molecular flexibility index (Phi) is 4.48. The molecule has 2 aromatic carbocycles. The standard InChI is InChI=1S/C16H14N4O4S/c1-23-12-7-8-13(14(9-12)24-2)19-15(17-18-16(19)25)10-3-5-11(6-4-10)20(21)22/h3-9H,1-2H3,(H,18,25). The lowest BCUT2D eigenvalue weighted by molar-refractivity contribution is -0.384. The van der Waals surface area contributed by atoms with E-state index in [0.29, 0.717) is 33.3 Å². The van der Waals surface area contributed by atoms with Crippen LogP contribution in [0.1, 0.15) is 0 Å². The van der Waals surface area contributed by atoms with Crippen LogP contribution in [0.25, 0.3) is 17.1 Å². The van der Waals surface area contributed by atoms with Gasteiger partial charge in [-0.15, -0.1) is 0 Å². The molecule has 0 fully saturated rings. The van der Waals surface area contributed by atoms with Crippen molar-refractivity contribution in [2.45, 2.75) is 0 Å². The van der Waals surface area contributed by atoms with E-state index in [-0.39, 0.29) is 5.69 Å². The number of nitrogens with one attached hydrogen (secondary N) is 1. The predicted octanol–water partition coefficient (Wildman–Crippen LogP) is 3.52. The van der Waals surface area contributed by atoms with Gasteiger partial charge in [-0.1, -0.05) is 0 Å². The van der Waals surface area contributed by atoms with Crippen LogP contribution in [0.15, 0.2) is 42.5 Å². The van der Waals surface area contributed by atoms with E-state index in [9.17, 15) is 10.1 Å². The zero-order valence-corrected chi connectivity index (χ0v) is 14.2. The van der Waals surface area contributed by atoms with Gasteiger partial charge in [-0.3, -0.25) is 19.8 Å². The molecule has 0 bridgehead atoms. The molecule has 1 aromatic heterocycles. The number of rotatable bonds is 5. The normalized spacial score (nSPS) is 10.5. The summed E-state index contributed by atoms with van der Waals surface area (Å²) in [6, 6.07) is 11.4. The molecule has 9 heteroatoms. The Bertz CT molecular complexity index is 979. The van der Waals surface area contributed by atoms with Crippen LogP contribution in [-0.2, 0) is 0 Å². The van der Waals surface area contributed by atoms with Crippen molar-refractivity contribution in [1.82, 2.24) is 14.8 Å². The Morgan fingerprint density at radius 1 is 1.16 bits per heavy atom. The first kappa shape index (κ1) is 16.7. The van der Waals surface area contributed by atoms with E-state index in [1.165, 1.54) is 12.1 Å². The summed E-state index contributed by atoms with van der Waals surface area (Å²) in [5.74, 6) is 1.72. The number of hydrogen-bond acceptors (Lipinski definition) is 6. The fourth-order valence-corrected chi connectivity index (χ4v) is 2.65. The molecule has 0 atom stereocenters. The number of aromatic amines is 1. The summed E-state index contributed by atoms with van der Waals surface area (Å²) in [5, 5.41) is 17.8. The molecule has 0 aliphatic rings. The molecular weight excluding hydrogens is 344 g/mol. The molecule has 3 rings (SSSR count). The molecule has 8 nitrogen and oxygen atoms in total. The highest BCUT2D eigenvalue weighted by Crippen LogP contribution is 2.31. The highest BCUT2D eigenvalue weighted by molar-refractivity contribution is 7.71. The fraction of sp³-hybridized carbons (Fsp3) is 0.125. The molecule has 25 heavy (non-hydrogen) atoms. The second kappa shape index (κ2) is 6.73. The second-order valence-corrected chi connectivity index (χ2v) is 5.42. The molecule has 0 aliphatic carbocycles. The minimum absolute atomic E-state index is 0.00598. The molecule has 128 valence electrons. The maximum absolute atomic E-state index is 10.8. The number of aromatic nitrogens is 3. The minimum atomic E-state index is -0.451. The zero-order valence-electron chi connectivity index (χ0n) is 13.4. The van der Waals surface area contributed by atoms with Crippen molar-refractivity contribution < 1.29 is 14.4 Å². The number of nitrogens with zero attached hydrogens (tertiary/aromatic N) is 3. The number of nitro groups is 1. The quantitative estimate of drug-likeness (QED) is 0.426. The molecule has 0 saturated heterocycles. The van der Waals surface area contributed by atoms with Crippen LogP contribution in [-0.4, -0.2) is 33.9 Å². The first-order valence-electron chi connectivity index (χ1n) is 7.20. The number of hydrogen-bond donors (Lipinski definition) is 1. The van der Waals surface area contributed by atoms with Gasteiger partial charge < -0.3 is 9.47 Å². The Morgan fingerprint density at radius 2 is 1.88 bits per heavy atom. The van der Waals surface area contributed by atoms with Crippen LogP contribution < -0.4 is 9.47 Å². The van der Waals surface area contributed by atoms with E-state index in [2.05, 4.69) is 10.2 Å². The molecule has 0 unspecified atom stereocenters. The largest absolute Gasteiger partial charge is 0.497 e. The van der Waals surface area contributed by atoms with Gasteiger partial charge in [0.2, 0.25) is 0 Å². The molecule has 0 spiro atoms. The van der Waals surface area contributed by atoms with Gasteiger partial charge in [0.25, 0.3) is 5.69 Å². The van der Waals surface area contributed by atoms with Crippen LogP contribution in [0.3, 0.4) is 0 Å². The van der Waals surface area contributed by atoms with E-state index < -0.39 is 4.92 Å². The van der Waals surface area contributed by atoms with E-state index in [1.54, 1.807) is 49.1 Å². The lowest BCUT2D eigenvalue weighted by Crippen LogP contribution is -2.01. The van der Waals surface area contributed by atoms with Crippen LogP contribution in [0.4, 0.5) is 5.69 Å². The van der Waals surface area contributed by atoms with E-state index >= 15 is 0 Å². The van der Waals surface area contributed by atoms with E-state index in [0.717, 1.165) is 0 Å². The zero-order chi connectivity index (χ0) is 18.0. The Hall–Kier alpha value is -3.20. The third kappa shape index (κ3) is 3.09. The molecule has 0 saturated carbocycles. The summed E-state index contributed by atoms with van der Waals surface area (Å²) in [6.45, 7) is 0. The Balaban J connectivity index is 2.15. The number of non-ortho nitro benzene ring substituents is 1. The van der Waals surface area contributed by atoms with Crippen molar-refractivity contribution in [2.75, 3.05) is 14.2 Å². The number of ether oxygens (including phenoxy) is 2. The summed E-state index contributed by atoms with van der Waals surface area (Å²) < 4.78 is 12.7. The fourth-order valence-electron chi connectivity index (χ4n) is 2.42. The molecule has 3 aromatic rings. The van der Waals surface area contributed by atoms with Gasteiger partial charge in [-0.25, -0.2) is 0 Å². The SMILES string of the molecule is COc1ccc(-n2c(-c3ccc([N+](=O)[O-])cc3)n[nH]c2=S)c(OC)c1. The molecule has 1 heterocycles. The summed E-state index contributed by atoms with van der Waals surface area (Å²) in [7, 11) is 3.12. The summed E-state index contributed by atoms with van der Waals surface area (Å²) in [6.07, 6.45) is 0. The average Bonchev–Trinajstić information content (AvgIpc) is 3.02.